The molecule has 1 heterocycles. The standard InChI is InChI=1S/C23H26N4O2/c1-5-25(6-2)21-12-10-20(11-13-21)24-16-19-14-17(3)26(18(19)4)22-8-7-9-23(15-22)27(28)29/h7-16H,5-6H2,1-4H3. The Labute approximate surface area is 171 Å². The lowest BCUT2D eigenvalue weighted by atomic mass is 10.2. The molecule has 3 aromatic rings. The molecule has 0 amide bonds. The summed E-state index contributed by atoms with van der Waals surface area (Å²) in [6.45, 7) is 10.2. The fourth-order valence-corrected chi connectivity index (χ4v) is 3.54. The quantitative estimate of drug-likeness (QED) is 0.300. The fourth-order valence-electron chi connectivity index (χ4n) is 3.54. The minimum Gasteiger partial charge on any atom is -0.372 e. The number of benzene rings is 2. The van der Waals surface area contributed by atoms with Gasteiger partial charge >= 0.3 is 0 Å². The molecule has 0 bridgehead atoms. The molecule has 6 heteroatoms. The molecule has 0 aliphatic heterocycles. The van der Waals surface area contributed by atoms with Crippen LogP contribution >= 0.6 is 0 Å². The molecular weight excluding hydrogens is 364 g/mol. The number of hydrogen-bond donors (Lipinski definition) is 0. The summed E-state index contributed by atoms with van der Waals surface area (Å²) in [6.07, 6.45) is 1.85. The van der Waals surface area contributed by atoms with Crippen molar-refractivity contribution in [2.45, 2.75) is 27.7 Å². The van der Waals surface area contributed by atoms with Crippen molar-refractivity contribution >= 4 is 23.3 Å². The Morgan fingerprint density at radius 1 is 1.07 bits per heavy atom. The van der Waals surface area contributed by atoms with E-state index < -0.39 is 0 Å². The maximum Gasteiger partial charge on any atom is 0.271 e. The molecule has 0 fully saturated rings. The topological polar surface area (TPSA) is 63.7 Å². The highest BCUT2D eigenvalue weighted by atomic mass is 16.6. The molecule has 2 aromatic carbocycles. The van der Waals surface area contributed by atoms with Gasteiger partial charge in [0.25, 0.3) is 5.69 Å². The van der Waals surface area contributed by atoms with Crippen molar-refractivity contribution in [1.29, 1.82) is 0 Å². The highest BCUT2D eigenvalue weighted by Gasteiger charge is 2.12. The van der Waals surface area contributed by atoms with Gasteiger partial charge in [-0.25, -0.2) is 0 Å². The lowest BCUT2D eigenvalue weighted by molar-refractivity contribution is -0.384. The van der Waals surface area contributed by atoms with Crippen molar-refractivity contribution in [2.75, 3.05) is 18.0 Å². The van der Waals surface area contributed by atoms with E-state index in [0.717, 1.165) is 41.4 Å². The van der Waals surface area contributed by atoms with E-state index in [1.807, 2.05) is 48.9 Å². The number of non-ortho nitro benzene ring substituents is 1. The zero-order valence-corrected chi connectivity index (χ0v) is 17.3. The number of aliphatic imine (C=N–C) groups is 1. The molecule has 150 valence electrons. The predicted octanol–water partition coefficient (Wildman–Crippen LogP) is 5.60. The summed E-state index contributed by atoms with van der Waals surface area (Å²) in [5.41, 5.74) is 5.92. The van der Waals surface area contributed by atoms with Gasteiger partial charge in [-0.3, -0.25) is 15.1 Å². The summed E-state index contributed by atoms with van der Waals surface area (Å²) < 4.78 is 2.01. The van der Waals surface area contributed by atoms with Crippen molar-refractivity contribution < 1.29 is 4.92 Å². The molecule has 1 aromatic heterocycles. The van der Waals surface area contributed by atoms with Gasteiger partial charge in [-0.2, -0.15) is 0 Å². The van der Waals surface area contributed by atoms with Crippen molar-refractivity contribution in [1.82, 2.24) is 4.57 Å². The molecule has 3 rings (SSSR count). The Balaban J connectivity index is 1.87. The molecule has 0 aliphatic carbocycles. The largest absolute Gasteiger partial charge is 0.372 e. The summed E-state index contributed by atoms with van der Waals surface area (Å²) in [5, 5.41) is 11.1. The van der Waals surface area contributed by atoms with Gasteiger partial charge in [0.2, 0.25) is 0 Å². The molecule has 0 radical (unpaired) electrons. The van der Waals surface area contributed by atoms with Crippen molar-refractivity contribution in [3.05, 3.63) is 81.7 Å². The van der Waals surface area contributed by atoms with Crippen LogP contribution < -0.4 is 4.90 Å². The summed E-state index contributed by atoms with van der Waals surface area (Å²) in [7, 11) is 0. The highest BCUT2D eigenvalue weighted by molar-refractivity contribution is 5.84. The Morgan fingerprint density at radius 3 is 2.38 bits per heavy atom. The van der Waals surface area contributed by atoms with Gasteiger partial charge in [-0.1, -0.05) is 6.07 Å². The molecule has 0 saturated carbocycles. The molecule has 0 N–H and O–H groups in total. The van der Waals surface area contributed by atoms with Crippen LogP contribution in [-0.2, 0) is 0 Å². The van der Waals surface area contributed by atoms with E-state index in [9.17, 15) is 10.1 Å². The first-order valence-corrected chi connectivity index (χ1v) is 9.77. The highest BCUT2D eigenvalue weighted by Crippen LogP contribution is 2.24. The van der Waals surface area contributed by atoms with Crippen LogP contribution in [0, 0.1) is 24.0 Å². The average molecular weight is 390 g/mol. The summed E-state index contributed by atoms with van der Waals surface area (Å²) in [6, 6.07) is 16.9. The Morgan fingerprint density at radius 2 is 1.76 bits per heavy atom. The van der Waals surface area contributed by atoms with Crippen molar-refractivity contribution in [2.24, 2.45) is 4.99 Å². The number of hydrogen-bond acceptors (Lipinski definition) is 4. The van der Waals surface area contributed by atoms with E-state index >= 15 is 0 Å². The number of nitrogens with zero attached hydrogens (tertiary/aromatic N) is 4. The van der Waals surface area contributed by atoms with E-state index in [2.05, 4.69) is 35.9 Å². The summed E-state index contributed by atoms with van der Waals surface area (Å²) in [4.78, 5) is 17.6. The molecule has 0 spiro atoms. The van der Waals surface area contributed by atoms with Crippen LogP contribution in [-0.4, -0.2) is 28.8 Å². The molecule has 6 nitrogen and oxygen atoms in total. The van der Waals surface area contributed by atoms with Gasteiger partial charge in [0.05, 0.1) is 16.3 Å². The SMILES string of the molecule is CCN(CC)c1ccc(N=Cc2cc(C)n(-c3cccc([N+](=O)[O-])c3)c2C)cc1. The average Bonchev–Trinajstić information content (AvgIpc) is 3.01. The van der Waals surface area contributed by atoms with Gasteiger partial charge in [0, 0.05) is 54.1 Å². The third-order valence-corrected chi connectivity index (χ3v) is 5.10. The summed E-state index contributed by atoms with van der Waals surface area (Å²) in [5.74, 6) is 0. The van der Waals surface area contributed by atoms with E-state index in [1.165, 1.54) is 11.8 Å². The third-order valence-electron chi connectivity index (χ3n) is 5.10. The first kappa shape index (κ1) is 20.3. The molecule has 29 heavy (non-hydrogen) atoms. The van der Waals surface area contributed by atoms with Gasteiger partial charge in [0.15, 0.2) is 0 Å². The number of rotatable bonds is 7. The second-order valence-electron chi connectivity index (χ2n) is 6.89. The Bertz CT molecular complexity index is 1030. The Hall–Kier alpha value is -3.41. The van der Waals surface area contributed by atoms with Crippen LogP contribution in [0.5, 0.6) is 0 Å². The monoisotopic (exact) mass is 390 g/mol. The van der Waals surface area contributed by atoms with E-state index in [-0.39, 0.29) is 10.6 Å². The van der Waals surface area contributed by atoms with Gasteiger partial charge < -0.3 is 9.47 Å². The smallest absolute Gasteiger partial charge is 0.271 e. The number of nitro benzene ring substituents is 1. The fraction of sp³-hybridized carbons (Fsp3) is 0.261. The molecule has 0 atom stereocenters. The minimum atomic E-state index is -0.373. The lowest BCUT2D eigenvalue weighted by Crippen LogP contribution is -2.21. The first-order valence-electron chi connectivity index (χ1n) is 9.77. The van der Waals surface area contributed by atoms with Crippen LogP contribution in [0.1, 0.15) is 30.8 Å². The maximum atomic E-state index is 11.1. The van der Waals surface area contributed by atoms with Crippen molar-refractivity contribution in [3.8, 4) is 5.69 Å². The van der Waals surface area contributed by atoms with Gasteiger partial charge in [-0.15, -0.1) is 0 Å². The number of anilines is 1. The number of nitro groups is 1. The van der Waals surface area contributed by atoms with Crippen molar-refractivity contribution in [3.63, 3.8) is 0 Å². The predicted molar refractivity (Wildman–Crippen MR) is 119 cm³/mol. The van der Waals surface area contributed by atoms with Crippen LogP contribution in [0.3, 0.4) is 0 Å². The van der Waals surface area contributed by atoms with Crippen LogP contribution in [0.4, 0.5) is 17.1 Å². The zero-order valence-electron chi connectivity index (χ0n) is 17.3. The number of aromatic nitrogens is 1. The van der Waals surface area contributed by atoms with Gasteiger partial charge in [-0.05, 0) is 64.1 Å². The first-order chi connectivity index (χ1) is 13.9. The Kier molecular flexibility index (Phi) is 6.12. The second kappa shape index (κ2) is 8.73. The normalized spacial score (nSPS) is 11.2. The third kappa shape index (κ3) is 4.37. The molecule has 0 unspecified atom stereocenters. The van der Waals surface area contributed by atoms with Crippen LogP contribution in [0.2, 0.25) is 0 Å². The maximum absolute atomic E-state index is 11.1. The lowest BCUT2D eigenvalue weighted by Gasteiger charge is -2.20. The van der Waals surface area contributed by atoms with Crippen LogP contribution in [0.15, 0.2) is 59.6 Å². The van der Waals surface area contributed by atoms with E-state index in [4.69, 9.17) is 0 Å². The van der Waals surface area contributed by atoms with E-state index in [1.54, 1.807) is 12.1 Å². The second-order valence-corrected chi connectivity index (χ2v) is 6.89. The molecule has 0 aliphatic rings. The van der Waals surface area contributed by atoms with E-state index in [0.29, 0.717) is 0 Å². The minimum absolute atomic E-state index is 0.0820. The zero-order chi connectivity index (χ0) is 21.0. The number of aryl methyl sites for hydroxylation is 1. The van der Waals surface area contributed by atoms with Gasteiger partial charge in [0.1, 0.15) is 0 Å². The summed E-state index contributed by atoms with van der Waals surface area (Å²) >= 11 is 0. The molecule has 0 saturated heterocycles. The molecular formula is C23H26N4O2. The van der Waals surface area contributed by atoms with Crippen LogP contribution in [0.25, 0.3) is 5.69 Å².